The number of rotatable bonds is 2. The van der Waals surface area contributed by atoms with Gasteiger partial charge < -0.3 is 0 Å². The molecule has 0 amide bonds. The van der Waals surface area contributed by atoms with Gasteiger partial charge in [-0.3, -0.25) is 0 Å². The highest BCUT2D eigenvalue weighted by atomic mass is 19.1. The molecule has 0 N–H and O–H groups in total. The minimum atomic E-state index is -0.268. The number of nitriles is 1. The molecule has 12 heavy (non-hydrogen) atoms. The van der Waals surface area contributed by atoms with E-state index in [0.717, 1.165) is 12.8 Å². The van der Waals surface area contributed by atoms with Crippen molar-refractivity contribution in [1.82, 2.24) is 0 Å². The minimum Gasteiger partial charge on any atom is -0.207 e. The first-order chi connectivity index (χ1) is 5.77. The van der Waals surface area contributed by atoms with Gasteiger partial charge in [-0.15, -0.1) is 0 Å². The van der Waals surface area contributed by atoms with Crippen molar-refractivity contribution in [2.75, 3.05) is 0 Å². The minimum absolute atomic E-state index is 0.268. The lowest BCUT2D eigenvalue weighted by molar-refractivity contribution is 0.607. The Bertz CT molecular complexity index is 312. The molecule has 0 aliphatic heterocycles. The Kier molecular flexibility index (Phi) is 2.82. The van der Waals surface area contributed by atoms with E-state index in [9.17, 15) is 4.39 Å². The zero-order valence-electron chi connectivity index (χ0n) is 6.97. The van der Waals surface area contributed by atoms with E-state index in [1.165, 1.54) is 6.07 Å². The summed E-state index contributed by atoms with van der Waals surface area (Å²) in [5.74, 6) is -0.268. The highest BCUT2D eigenvalue weighted by molar-refractivity contribution is 5.32. The Morgan fingerprint density at radius 1 is 1.50 bits per heavy atom. The molecule has 0 saturated heterocycles. The van der Waals surface area contributed by atoms with Crippen molar-refractivity contribution >= 4 is 0 Å². The zero-order chi connectivity index (χ0) is 8.97. The number of hydrogen-bond donors (Lipinski definition) is 0. The molecule has 0 heterocycles. The fraction of sp³-hybridized carbons (Fsp3) is 0.300. The van der Waals surface area contributed by atoms with Crippen LogP contribution in [0.1, 0.15) is 24.5 Å². The topological polar surface area (TPSA) is 23.8 Å². The zero-order valence-corrected chi connectivity index (χ0v) is 6.97. The van der Waals surface area contributed by atoms with Gasteiger partial charge in [0.05, 0.1) is 11.6 Å². The van der Waals surface area contributed by atoms with Crippen molar-refractivity contribution < 1.29 is 4.39 Å². The van der Waals surface area contributed by atoms with Crippen LogP contribution in [0.15, 0.2) is 18.2 Å². The van der Waals surface area contributed by atoms with Gasteiger partial charge in [-0.1, -0.05) is 19.4 Å². The second-order valence-corrected chi connectivity index (χ2v) is 2.67. The average Bonchev–Trinajstić information content (AvgIpc) is 2.09. The van der Waals surface area contributed by atoms with Crippen molar-refractivity contribution in [1.29, 1.82) is 5.26 Å². The van der Waals surface area contributed by atoms with Crippen LogP contribution in [0.25, 0.3) is 0 Å². The maximum atomic E-state index is 13.1. The Balaban J connectivity index is 2.97. The molecule has 0 aromatic heterocycles. The van der Waals surface area contributed by atoms with Gasteiger partial charge >= 0.3 is 0 Å². The van der Waals surface area contributed by atoms with E-state index < -0.39 is 0 Å². The average molecular weight is 163 g/mol. The Labute approximate surface area is 71.4 Å². The summed E-state index contributed by atoms with van der Waals surface area (Å²) in [5, 5.41) is 8.47. The summed E-state index contributed by atoms with van der Waals surface area (Å²) in [6.07, 6.45) is 1.65. The number of benzene rings is 1. The van der Waals surface area contributed by atoms with E-state index in [4.69, 9.17) is 5.26 Å². The third kappa shape index (κ3) is 1.82. The number of nitrogens with zero attached hydrogens (tertiary/aromatic N) is 1. The lowest BCUT2D eigenvalue weighted by Gasteiger charge is -1.99. The van der Waals surface area contributed by atoms with Crippen LogP contribution in [-0.4, -0.2) is 0 Å². The van der Waals surface area contributed by atoms with Crippen molar-refractivity contribution in [2.24, 2.45) is 0 Å². The molecule has 0 atom stereocenters. The van der Waals surface area contributed by atoms with Gasteiger partial charge in [0.2, 0.25) is 0 Å². The molecule has 2 heteroatoms. The molecule has 1 aromatic carbocycles. The van der Waals surface area contributed by atoms with Gasteiger partial charge in [0.25, 0.3) is 0 Å². The number of hydrogen-bond acceptors (Lipinski definition) is 1. The van der Waals surface area contributed by atoms with Crippen LogP contribution in [-0.2, 0) is 6.42 Å². The SMILES string of the molecule is CCCc1ccc(C#N)cc1F. The lowest BCUT2D eigenvalue weighted by atomic mass is 10.1. The molecule has 0 aliphatic rings. The van der Waals surface area contributed by atoms with E-state index in [1.54, 1.807) is 12.1 Å². The molecule has 0 unspecified atom stereocenters. The predicted octanol–water partition coefficient (Wildman–Crippen LogP) is 2.65. The van der Waals surface area contributed by atoms with E-state index in [0.29, 0.717) is 11.1 Å². The van der Waals surface area contributed by atoms with Crippen LogP contribution in [0.3, 0.4) is 0 Å². The van der Waals surface area contributed by atoms with Crippen LogP contribution in [0.5, 0.6) is 0 Å². The summed E-state index contributed by atoms with van der Waals surface area (Å²) in [7, 11) is 0. The third-order valence-electron chi connectivity index (χ3n) is 1.70. The number of halogens is 1. The maximum absolute atomic E-state index is 13.1. The molecule has 0 spiro atoms. The van der Waals surface area contributed by atoms with Crippen LogP contribution < -0.4 is 0 Å². The summed E-state index contributed by atoms with van der Waals surface area (Å²) in [6, 6.07) is 6.50. The van der Waals surface area contributed by atoms with Gasteiger partial charge in [0.15, 0.2) is 0 Å². The van der Waals surface area contributed by atoms with Gasteiger partial charge in [-0.05, 0) is 24.1 Å². The molecule has 0 radical (unpaired) electrons. The maximum Gasteiger partial charge on any atom is 0.127 e. The van der Waals surface area contributed by atoms with Crippen molar-refractivity contribution in [3.8, 4) is 6.07 Å². The first-order valence-corrected chi connectivity index (χ1v) is 3.96. The van der Waals surface area contributed by atoms with Gasteiger partial charge in [0, 0.05) is 0 Å². The molecule has 1 rings (SSSR count). The van der Waals surface area contributed by atoms with E-state index in [1.807, 2.05) is 13.0 Å². The van der Waals surface area contributed by atoms with Crippen LogP contribution in [0.2, 0.25) is 0 Å². The van der Waals surface area contributed by atoms with E-state index in [-0.39, 0.29) is 5.82 Å². The highest BCUT2D eigenvalue weighted by Gasteiger charge is 2.01. The third-order valence-corrected chi connectivity index (χ3v) is 1.70. The lowest BCUT2D eigenvalue weighted by Crippen LogP contribution is -1.90. The molecular weight excluding hydrogens is 153 g/mol. The second kappa shape index (κ2) is 3.87. The quantitative estimate of drug-likeness (QED) is 0.657. The molecule has 0 aliphatic carbocycles. The largest absolute Gasteiger partial charge is 0.207 e. The predicted molar refractivity (Wildman–Crippen MR) is 45.1 cm³/mol. The summed E-state index contributed by atoms with van der Waals surface area (Å²) < 4.78 is 13.1. The Morgan fingerprint density at radius 2 is 2.25 bits per heavy atom. The monoisotopic (exact) mass is 163 g/mol. The fourth-order valence-electron chi connectivity index (χ4n) is 1.09. The van der Waals surface area contributed by atoms with Gasteiger partial charge in [-0.2, -0.15) is 5.26 Å². The van der Waals surface area contributed by atoms with Crippen molar-refractivity contribution in [3.63, 3.8) is 0 Å². The smallest absolute Gasteiger partial charge is 0.127 e. The molecule has 0 fully saturated rings. The second-order valence-electron chi connectivity index (χ2n) is 2.67. The first kappa shape index (κ1) is 8.73. The summed E-state index contributed by atoms with van der Waals surface area (Å²) in [5.41, 5.74) is 1.07. The van der Waals surface area contributed by atoms with Gasteiger partial charge in [-0.25, -0.2) is 4.39 Å². The molecule has 62 valence electrons. The normalized spacial score (nSPS) is 9.42. The standard InChI is InChI=1S/C10H10FN/c1-2-3-9-5-4-8(7-12)6-10(9)11/h4-6H,2-3H2,1H3. The number of aryl methyl sites for hydroxylation is 1. The molecular formula is C10H10FN. The van der Waals surface area contributed by atoms with E-state index >= 15 is 0 Å². The summed E-state index contributed by atoms with van der Waals surface area (Å²) in [4.78, 5) is 0. The Morgan fingerprint density at radius 3 is 2.75 bits per heavy atom. The summed E-state index contributed by atoms with van der Waals surface area (Å²) in [6.45, 7) is 2.00. The van der Waals surface area contributed by atoms with Crippen LogP contribution in [0, 0.1) is 17.1 Å². The van der Waals surface area contributed by atoms with Crippen LogP contribution in [0.4, 0.5) is 4.39 Å². The van der Waals surface area contributed by atoms with Gasteiger partial charge in [0.1, 0.15) is 5.82 Å². The first-order valence-electron chi connectivity index (χ1n) is 3.96. The fourth-order valence-corrected chi connectivity index (χ4v) is 1.09. The van der Waals surface area contributed by atoms with Crippen molar-refractivity contribution in [2.45, 2.75) is 19.8 Å². The Hall–Kier alpha value is -1.36. The van der Waals surface area contributed by atoms with E-state index in [2.05, 4.69) is 0 Å². The summed E-state index contributed by atoms with van der Waals surface area (Å²) >= 11 is 0. The molecule has 1 aromatic rings. The molecule has 0 bridgehead atoms. The molecule has 1 nitrogen and oxygen atoms in total. The van der Waals surface area contributed by atoms with Crippen molar-refractivity contribution in [3.05, 3.63) is 35.1 Å². The highest BCUT2D eigenvalue weighted by Crippen LogP contribution is 2.11. The van der Waals surface area contributed by atoms with Crippen LogP contribution >= 0.6 is 0 Å². The molecule has 0 saturated carbocycles.